The van der Waals surface area contributed by atoms with Gasteiger partial charge in [0, 0.05) is 22.7 Å². The maximum Gasteiger partial charge on any atom is 0.134 e. The summed E-state index contributed by atoms with van der Waals surface area (Å²) in [7, 11) is 0. The van der Waals surface area contributed by atoms with E-state index in [1.54, 1.807) is 24.3 Å². The average Bonchev–Trinajstić information content (AvgIpc) is 3.08. The predicted molar refractivity (Wildman–Crippen MR) is 87.1 cm³/mol. The fraction of sp³-hybridized carbons (Fsp3) is 0.312. The molecule has 0 saturated carbocycles. The van der Waals surface area contributed by atoms with Gasteiger partial charge in [0.05, 0.1) is 11.7 Å². The number of aromatic nitrogens is 2. The first kappa shape index (κ1) is 14.5. The van der Waals surface area contributed by atoms with Crippen LogP contribution in [0.5, 0.6) is 0 Å². The Morgan fingerprint density at radius 2 is 2.14 bits per heavy atom. The van der Waals surface area contributed by atoms with Gasteiger partial charge >= 0.3 is 0 Å². The van der Waals surface area contributed by atoms with Crippen molar-refractivity contribution in [1.82, 2.24) is 9.55 Å². The minimum atomic E-state index is -0.205. The third-order valence-electron chi connectivity index (χ3n) is 3.63. The van der Waals surface area contributed by atoms with E-state index < -0.39 is 0 Å². The van der Waals surface area contributed by atoms with E-state index in [2.05, 4.69) is 31.0 Å². The number of thioether (sulfide) groups is 1. The zero-order valence-corrected chi connectivity index (χ0v) is 13.6. The molecule has 0 N–H and O–H groups in total. The van der Waals surface area contributed by atoms with Crippen molar-refractivity contribution in [3.8, 4) is 0 Å². The van der Waals surface area contributed by atoms with Gasteiger partial charge in [-0.1, -0.05) is 43.8 Å². The summed E-state index contributed by atoms with van der Waals surface area (Å²) in [5.74, 6) is 0.925. The Kier molecular flexibility index (Phi) is 4.00. The van der Waals surface area contributed by atoms with Crippen LogP contribution in [-0.2, 0) is 4.74 Å². The van der Waals surface area contributed by atoms with Crippen molar-refractivity contribution in [2.24, 2.45) is 5.41 Å². The van der Waals surface area contributed by atoms with E-state index in [1.165, 1.54) is 0 Å². The van der Waals surface area contributed by atoms with Gasteiger partial charge in [-0.2, -0.15) is 0 Å². The van der Waals surface area contributed by atoms with E-state index in [-0.39, 0.29) is 10.8 Å². The second kappa shape index (κ2) is 5.78. The highest BCUT2D eigenvalue weighted by Crippen LogP contribution is 2.47. The van der Waals surface area contributed by atoms with Gasteiger partial charge in [0.1, 0.15) is 17.4 Å². The van der Waals surface area contributed by atoms with Crippen molar-refractivity contribution >= 4 is 28.4 Å². The van der Waals surface area contributed by atoms with Crippen LogP contribution in [0.15, 0.2) is 59.7 Å². The summed E-state index contributed by atoms with van der Waals surface area (Å²) in [4.78, 5) is 5.31. The Hall–Kier alpha value is -1.39. The molecule has 1 unspecified atom stereocenters. The van der Waals surface area contributed by atoms with Crippen LogP contribution in [0, 0.1) is 5.41 Å². The first-order chi connectivity index (χ1) is 10.1. The molecule has 1 aliphatic heterocycles. The molecule has 1 atom stereocenters. The Balaban J connectivity index is 2.06. The number of imidazole rings is 1. The summed E-state index contributed by atoms with van der Waals surface area (Å²) >= 11 is 8.08. The fourth-order valence-electron chi connectivity index (χ4n) is 2.23. The van der Waals surface area contributed by atoms with Gasteiger partial charge in [-0.05, 0) is 12.1 Å². The Bertz CT molecular complexity index is 638. The smallest absolute Gasteiger partial charge is 0.134 e. The molecular weight excluding hydrogens is 304 g/mol. The lowest BCUT2D eigenvalue weighted by molar-refractivity contribution is 0.252. The summed E-state index contributed by atoms with van der Waals surface area (Å²) in [5, 5.41) is 0.995. The van der Waals surface area contributed by atoms with Gasteiger partial charge in [0.15, 0.2) is 0 Å². The largest absolute Gasteiger partial charge is 0.493 e. The number of hydrogen-bond donors (Lipinski definition) is 0. The molecule has 0 spiro atoms. The predicted octanol–water partition coefficient (Wildman–Crippen LogP) is 4.47. The van der Waals surface area contributed by atoms with Gasteiger partial charge in [0.25, 0.3) is 0 Å². The van der Waals surface area contributed by atoms with Crippen LogP contribution in [0.4, 0.5) is 0 Å². The van der Waals surface area contributed by atoms with Gasteiger partial charge < -0.3 is 4.74 Å². The molecule has 21 heavy (non-hydrogen) atoms. The number of hydrogen-bond acceptors (Lipinski definition) is 3. The normalized spacial score (nSPS) is 22.9. The summed E-state index contributed by atoms with van der Waals surface area (Å²) in [6, 6.07) is 10.2. The molecular formula is C16H17ClN2OS. The fourth-order valence-corrected chi connectivity index (χ4v) is 3.53. The Morgan fingerprint density at radius 3 is 2.71 bits per heavy atom. The van der Waals surface area contributed by atoms with Crippen LogP contribution in [0.2, 0.25) is 0 Å². The number of ether oxygens (including phenoxy) is 1. The minimum Gasteiger partial charge on any atom is -0.493 e. The summed E-state index contributed by atoms with van der Waals surface area (Å²) in [6.45, 7) is 4.78. The second-order valence-electron chi connectivity index (χ2n) is 5.52. The topological polar surface area (TPSA) is 27.1 Å². The molecule has 110 valence electrons. The molecule has 2 heterocycles. The third kappa shape index (κ3) is 2.83. The van der Waals surface area contributed by atoms with Crippen LogP contribution in [0.3, 0.4) is 0 Å². The molecule has 0 aliphatic carbocycles. The van der Waals surface area contributed by atoms with Gasteiger partial charge in [-0.25, -0.2) is 4.98 Å². The Labute approximate surface area is 134 Å². The number of benzene rings is 1. The number of alkyl halides is 1. The van der Waals surface area contributed by atoms with E-state index in [0.717, 1.165) is 15.7 Å². The molecule has 1 fully saturated rings. The number of rotatable bonds is 3. The highest BCUT2D eigenvalue weighted by atomic mass is 35.5. The number of halogens is 1. The lowest BCUT2D eigenvalue weighted by atomic mass is 9.89. The van der Waals surface area contributed by atoms with Crippen molar-refractivity contribution in [2.75, 3.05) is 6.61 Å². The molecule has 0 radical (unpaired) electrons. The van der Waals surface area contributed by atoms with Crippen LogP contribution in [-0.4, -0.2) is 21.5 Å². The molecule has 5 heteroatoms. The maximum atomic E-state index is 6.41. The van der Waals surface area contributed by atoms with E-state index in [9.17, 15) is 0 Å². The first-order valence-electron chi connectivity index (χ1n) is 6.82. The summed E-state index contributed by atoms with van der Waals surface area (Å²) in [5.41, 5.74) is -0.205. The number of nitrogens with zero attached hydrogens (tertiary/aromatic N) is 2. The Morgan fingerprint density at radius 1 is 1.38 bits per heavy atom. The first-order valence-corrected chi connectivity index (χ1v) is 8.07. The summed E-state index contributed by atoms with van der Waals surface area (Å²) in [6.07, 6.45) is 5.49. The molecule has 1 aromatic heterocycles. The lowest BCUT2D eigenvalue weighted by Crippen LogP contribution is -2.21. The van der Waals surface area contributed by atoms with Crippen molar-refractivity contribution < 1.29 is 4.74 Å². The molecule has 1 aliphatic rings. The van der Waals surface area contributed by atoms with Crippen LogP contribution < -0.4 is 0 Å². The number of allylic oxidation sites excluding steroid dienone is 1. The molecule has 3 rings (SSSR count). The van der Waals surface area contributed by atoms with Gasteiger partial charge in [0.2, 0.25) is 0 Å². The van der Waals surface area contributed by atoms with E-state index in [1.807, 2.05) is 29.0 Å². The molecule has 1 aromatic carbocycles. The van der Waals surface area contributed by atoms with Crippen molar-refractivity contribution in [1.29, 1.82) is 0 Å². The third-order valence-corrected chi connectivity index (χ3v) is 5.40. The zero-order chi connectivity index (χ0) is 14.9. The monoisotopic (exact) mass is 320 g/mol. The maximum absolute atomic E-state index is 6.41. The molecule has 3 nitrogen and oxygen atoms in total. The quantitative estimate of drug-likeness (QED) is 0.617. The minimum absolute atomic E-state index is 0.0256. The highest BCUT2D eigenvalue weighted by Gasteiger charge is 2.42. The van der Waals surface area contributed by atoms with Gasteiger partial charge in [-0.15, -0.1) is 11.6 Å². The standard InChI is InChI=1S/C16H17ClN2OS/c1-16(2)13(17)10-20-14(16)15(19-9-8-18-11-19)21-12-6-4-3-5-7-12/h3-9,11,13H,10H2,1-2H3. The van der Waals surface area contributed by atoms with Crippen LogP contribution in [0.1, 0.15) is 13.8 Å². The SMILES string of the molecule is CC1(C)C(=C(Sc2ccccc2)n2ccnc2)OCC1Cl. The van der Waals surface area contributed by atoms with Crippen LogP contribution >= 0.6 is 23.4 Å². The molecule has 0 amide bonds. The molecule has 1 saturated heterocycles. The highest BCUT2D eigenvalue weighted by molar-refractivity contribution is 8.08. The van der Waals surface area contributed by atoms with Crippen molar-refractivity contribution in [2.45, 2.75) is 24.1 Å². The second-order valence-corrected chi connectivity index (χ2v) is 7.11. The van der Waals surface area contributed by atoms with Crippen molar-refractivity contribution in [3.63, 3.8) is 0 Å². The van der Waals surface area contributed by atoms with Crippen molar-refractivity contribution in [3.05, 3.63) is 54.8 Å². The zero-order valence-electron chi connectivity index (χ0n) is 12.0. The summed E-state index contributed by atoms with van der Waals surface area (Å²) < 4.78 is 7.91. The van der Waals surface area contributed by atoms with E-state index >= 15 is 0 Å². The molecule has 0 bridgehead atoms. The van der Waals surface area contributed by atoms with Gasteiger partial charge in [-0.3, -0.25) is 4.57 Å². The van der Waals surface area contributed by atoms with E-state index in [0.29, 0.717) is 6.61 Å². The molecule has 2 aromatic rings. The average molecular weight is 321 g/mol. The van der Waals surface area contributed by atoms with Crippen LogP contribution in [0.25, 0.3) is 5.03 Å². The van der Waals surface area contributed by atoms with E-state index in [4.69, 9.17) is 16.3 Å². The lowest BCUT2D eigenvalue weighted by Gasteiger charge is -2.23.